The van der Waals surface area contributed by atoms with Gasteiger partial charge in [0.2, 0.25) is 0 Å². The fraction of sp³-hybridized carbons (Fsp3) is 0.286. The minimum absolute atomic E-state index is 1.02. The van der Waals surface area contributed by atoms with Crippen LogP contribution in [-0.4, -0.2) is 23.0 Å². The van der Waals surface area contributed by atoms with E-state index >= 15 is 0 Å². The molecule has 0 aliphatic carbocycles. The van der Waals surface area contributed by atoms with E-state index in [1.54, 1.807) is 0 Å². The Morgan fingerprint density at radius 3 is 2.48 bits per heavy atom. The van der Waals surface area contributed by atoms with Gasteiger partial charge in [0.05, 0.1) is 0 Å². The minimum Gasteiger partial charge on any atom is -0.299 e. The highest BCUT2D eigenvalue weighted by Crippen LogP contribution is 2.25. The van der Waals surface area contributed by atoms with E-state index in [1.165, 1.54) is 59.8 Å². The van der Waals surface area contributed by atoms with Crippen LogP contribution in [0.2, 0.25) is 0 Å². The van der Waals surface area contributed by atoms with Crippen molar-refractivity contribution in [2.24, 2.45) is 0 Å². The van der Waals surface area contributed by atoms with Gasteiger partial charge in [-0.1, -0.05) is 42.8 Å². The smallest absolute Gasteiger partial charge is 0.0346 e. The van der Waals surface area contributed by atoms with Crippen LogP contribution in [0.25, 0.3) is 21.9 Å². The lowest BCUT2D eigenvalue weighted by molar-refractivity contribution is 0.220. The molecule has 0 atom stereocenters. The Hall–Kier alpha value is -2.19. The van der Waals surface area contributed by atoms with Gasteiger partial charge in [-0.15, -0.1) is 0 Å². The first-order chi connectivity index (χ1) is 11.4. The van der Waals surface area contributed by atoms with Crippen molar-refractivity contribution in [2.45, 2.75) is 25.8 Å². The van der Waals surface area contributed by atoms with E-state index in [9.17, 15) is 0 Å². The predicted octanol–water partition coefficient (Wildman–Crippen LogP) is 4.89. The Bertz CT molecular complexity index is 804. The van der Waals surface area contributed by atoms with Gasteiger partial charge >= 0.3 is 0 Å². The molecule has 3 aromatic rings. The molecular weight excluding hydrogens is 280 g/mol. The summed E-state index contributed by atoms with van der Waals surface area (Å²) in [6, 6.07) is 17.5. The van der Waals surface area contributed by atoms with Gasteiger partial charge < -0.3 is 0 Å². The minimum atomic E-state index is 1.02. The molecule has 1 fully saturated rings. The summed E-state index contributed by atoms with van der Waals surface area (Å²) >= 11 is 0. The summed E-state index contributed by atoms with van der Waals surface area (Å²) in [5, 5.41) is 2.57. The third kappa shape index (κ3) is 3.27. The number of hydrogen-bond acceptors (Lipinski definition) is 2. The first kappa shape index (κ1) is 14.4. The molecule has 1 aliphatic heterocycles. The molecule has 2 heteroatoms. The predicted molar refractivity (Wildman–Crippen MR) is 96.3 cm³/mol. The molecule has 0 unspecified atom stereocenters. The molecule has 0 N–H and O–H groups in total. The normalized spacial score (nSPS) is 15.8. The molecule has 0 radical (unpaired) electrons. The zero-order chi connectivity index (χ0) is 15.5. The second kappa shape index (κ2) is 6.51. The van der Waals surface area contributed by atoms with Crippen LogP contribution in [0.1, 0.15) is 24.8 Å². The summed E-state index contributed by atoms with van der Waals surface area (Å²) in [5.41, 5.74) is 3.78. The van der Waals surface area contributed by atoms with Crippen molar-refractivity contribution in [1.29, 1.82) is 0 Å². The highest BCUT2D eigenvalue weighted by Gasteiger charge is 2.11. The summed E-state index contributed by atoms with van der Waals surface area (Å²) in [4.78, 5) is 7.03. The standard InChI is InChI=1S/C21H22N2/c1-4-10-23(11-5-1)16-17-12-21(15-22-14-17)20-9-8-18-6-2-3-7-19(18)13-20/h2-3,6-9,12-15H,1,4-5,10-11,16H2. The van der Waals surface area contributed by atoms with Crippen molar-refractivity contribution in [3.05, 3.63) is 66.5 Å². The molecule has 23 heavy (non-hydrogen) atoms. The Morgan fingerprint density at radius 1 is 0.783 bits per heavy atom. The summed E-state index contributed by atoms with van der Waals surface area (Å²) in [7, 11) is 0. The Balaban J connectivity index is 1.61. The molecule has 1 saturated heterocycles. The number of hydrogen-bond donors (Lipinski definition) is 0. The van der Waals surface area contributed by atoms with Gasteiger partial charge in [-0.25, -0.2) is 0 Å². The van der Waals surface area contributed by atoms with Crippen LogP contribution in [0.4, 0.5) is 0 Å². The van der Waals surface area contributed by atoms with Crippen LogP contribution in [0.15, 0.2) is 60.9 Å². The Labute approximate surface area is 137 Å². The number of likely N-dealkylation sites (tertiary alicyclic amines) is 1. The van der Waals surface area contributed by atoms with E-state index < -0.39 is 0 Å². The molecule has 1 aromatic heterocycles. The topological polar surface area (TPSA) is 16.1 Å². The fourth-order valence-electron chi connectivity index (χ4n) is 3.48. The van der Waals surface area contributed by atoms with E-state index in [-0.39, 0.29) is 0 Å². The van der Waals surface area contributed by atoms with E-state index in [0.717, 1.165) is 6.54 Å². The number of nitrogens with zero attached hydrogens (tertiary/aromatic N) is 2. The zero-order valence-electron chi connectivity index (χ0n) is 13.4. The van der Waals surface area contributed by atoms with Crippen LogP contribution in [0.5, 0.6) is 0 Å². The first-order valence-electron chi connectivity index (χ1n) is 8.54. The SMILES string of the molecule is c1ccc2cc(-c3cncc(CN4CCCCC4)c3)ccc2c1. The number of fused-ring (bicyclic) bond motifs is 1. The number of aromatic nitrogens is 1. The van der Waals surface area contributed by atoms with Crippen molar-refractivity contribution < 1.29 is 0 Å². The number of rotatable bonds is 3. The molecule has 0 saturated carbocycles. The quantitative estimate of drug-likeness (QED) is 0.685. The molecule has 1 aliphatic rings. The van der Waals surface area contributed by atoms with Crippen LogP contribution in [0.3, 0.4) is 0 Å². The molecule has 2 heterocycles. The van der Waals surface area contributed by atoms with Crippen molar-refractivity contribution >= 4 is 10.8 Å². The summed E-state index contributed by atoms with van der Waals surface area (Å²) in [6.07, 6.45) is 8.03. The maximum atomic E-state index is 4.48. The van der Waals surface area contributed by atoms with Gasteiger partial charge in [0.25, 0.3) is 0 Å². The zero-order valence-corrected chi connectivity index (χ0v) is 13.4. The number of pyridine rings is 1. The van der Waals surface area contributed by atoms with Crippen molar-refractivity contribution in [2.75, 3.05) is 13.1 Å². The molecular formula is C21H22N2. The van der Waals surface area contributed by atoms with Crippen molar-refractivity contribution in [3.63, 3.8) is 0 Å². The molecule has 0 spiro atoms. The van der Waals surface area contributed by atoms with E-state index in [4.69, 9.17) is 0 Å². The van der Waals surface area contributed by atoms with Gasteiger partial charge in [-0.3, -0.25) is 9.88 Å². The van der Waals surface area contributed by atoms with Gasteiger partial charge in [-0.05, 0) is 60.0 Å². The molecule has 0 bridgehead atoms. The third-order valence-electron chi connectivity index (χ3n) is 4.73. The highest BCUT2D eigenvalue weighted by atomic mass is 15.1. The average Bonchev–Trinajstić information content (AvgIpc) is 2.62. The lowest BCUT2D eigenvalue weighted by atomic mass is 10.0. The Morgan fingerprint density at radius 2 is 1.61 bits per heavy atom. The van der Waals surface area contributed by atoms with Gasteiger partial charge in [-0.2, -0.15) is 0 Å². The van der Waals surface area contributed by atoms with Crippen LogP contribution in [0, 0.1) is 0 Å². The second-order valence-corrected chi connectivity index (χ2v) is 6.48. The maximum absolute atomic E-state index is 4.48. The van der Waals surface area contributed by atoms with Crippen molar-refractivity contribution in [1.82, 2.24) is 9.88 Å². The van der Waals surface area contributed by atoms with Gasteiger partial charge in [0, 0.05) is 24.5 Å². The highest BCUT2D eigenvalue weighted by molar-refractivity contribution is 5.87. The van der Waals surface area contributed by atoms with Crippen LogP contribution >= 0.6 is 0 Å². The van der Waals surface area contributed by atoms with E-state index in [1.807, 2.05) is 12.4 Å². The largest absolute Gasteiger partial charge is 0.299 e. The molecule has 2 aromatic carbocycles. The molecule has 116 valence electrons. The maximum Gasteiger partial charge on any atom is 0.0346 e. The molecule has 0 amide bonds. The van der Waals surface area contributed by atoms with Crippen LogP contribution < -0.4 is 0 Å². The fourth-order valence-corrected chi connectivity index (χ4v) is 3.48. The summed E-state index contributed by atoms with van der Waals surface area (Å²) < 4.78 is 0. The third-order valence-corrected chi connectivity index (χ3v) is 4.73. The van der Waals surface area contributed by atoms with E-state index in [2.05, 4.69) is 58.4 Å². The average molecular weight is 302 g/mol. The van der Waals surface area contributed by atoms with E-state index in [0.29, 0.717) is 0 Å². The van der Waals surface area contributed by atoms with Crippen LogP contribution in [-0.2, 0) is 6.54 Å². The molecule has 2 nitrogen and oxygen atoms in total. The van der Waals surface area contributed by atoms with Gasteiger partial charge in [0.1, 0.15) is 0 Å². The lowest BCUT2D eigenvalue weighted by Gasteiger charge is -2.26. The monoisotopic (exact) mass is 302 g/mol. The summed E-state index contributed by atoms with van der Waals surface area (Å²) in [6.45, 7) is 3.47. The Kier molecular flexibility index (Phi) is 4.08. The number of piperidine rings is 1. The molecule has 4 rings (SSSR count). The first-order valence-corrected chi connectivity index (χ1v) is 8.54. The summed E-state index contributed by atoms with van der Waals surface area (Å²) in [5.74, 6) is 0. The second-order valence-electron chi connectivity index (χ2n) is 6.48. The van der Waals surface area contributed by atoms with Crippen molar-refractivity contribution in [3.8, 4) is 11.1 Å². The van der Waals surface area contributed by atoms with Gasteiger partial charge in [0.15, 0.2) is 0 Å². The lowest BCUT2D eigenvalue weighted by Crippen LogP contribution is -2.29. The number of benzene rings is 2.